The van der Waals surface area contributed by atoms with Crippen LogP contribution in [0.3, 0.4) is 0 Å². The number of rotatable bonds is 7. The van der Waals surface area contributed by atoms with Crippen LogP contribution >= 0.6 is 31.9 Å². The summed E-state index contributed by atoms with van der Waals surface area (Å²) in [7, 11) is -3.72. The summed E-state index contributed by atoms with van der Waals surface area (Å²) in [5.41, 5.74) is 1.10. The van der Waals surface area contributed by atoms with Gasteiger partial charge in [-0.1, -0.05) is 37.9 Å². The predicted octanol–water partition coefficient (Wildman–Crippen LogP) is 5.03. The number of sulfonamides is 1. The average Bonchev–Trinajstić information content (AvgIpc) is 2.68. The van der Waals surface area contributed by atoms with Gasteiger partial charge in [0.15, 0.2) is 6.61 Å². The molecule has 9 heteroatoms. The summed E-state index contributed by atoms with van der Waals surface area (Å²) in [4.78, 5) is 12.1. The molecule has 0 saturated carbocycles. The second-order valence-electron chi connectivity index (χ2n) is 5.93. The third-order valence-corrected chi connectivity index (χ3v) is 6.13. The van der Waals surface area contributed by atoms with Gasteiger partial charge in [0, 0.05) is 20.3 Å². The molecule has 0 aromatic heterocycles. The highest BCUT2D eigenvalue weighted by Crippen LogP contribution is 2.21. The summed E-state index contributed by atoms with van der Waals surface area (Å²) in [6, 6.07) is 19.8. The van der Waals surface area contributed by atoms with Crippen LogP contribution in [0, 0.1) is 0 Å². The number of amides is 1. The standard InChI is InChI=1S/C20H16Br2N2O4S/c21-14-4-6-16(7-5-14)24-29(26,27)19-10-8-18(9-11-19)28-13-20(25)23-17-3-1-2-15(22)12-17/h1-12,24H,13H2,(H,23,25). The summed E-state index contributed by atoms with van der Waals surface area (Å²) in [5.74, 6) is 0.0636. The van der Waals surface area contributed by atoms with E-state index in [9.17, 15) is 13.2 Å². The Bertz CT molecular complexity index is 1100. The number of ether oxygens (including phenoxy) is 1. The minimum atomic E-state index is -3.72. The van der Waals surface area contributed by atoms with Crippen LogP contribution < -0.4 is 14.8 Å². The molecule has 0 atom stereocenters. The minimum absolute atomic E-state index is 0.0892. The van der Waals surface area contributed by atoms with E-state index in [0.29, 0.717) is 17.1 Å². The normalized spacial score (nSPS) is 11.0. The maximum Gasteiger partial charge on any atom is 0.262 e. The molecule has 3 rings (SSSR count). The second kappa shape index (κ2) is 9.43. The summed E-state index contributed by atoms with van der Waals surface area (Å²) in [6.07, 6.45) is 0. The number of benzene rings is 3. The van der Waals surface area contributed by atoms with Crippen LogP contribution in [0.5, 0.6) is 5.75 Å². The van der Waals surface area contributed by atoms with Crippen LogP contribution in [0.4, 0.5) is 11.4 Å². The number of hydrogen-bond donors (Lipinski definition) is 2. The number of hydrogen-bond acceptors (Lipinski definition) is 4. The molecule has 150 valence electrons. The van der Waals surface area contributed by atoms with Gasteiger partial charge in [0.05, 0.1) is 4.90 Å². The molecule has 0 fully saturated rings. The van der Waals surface area contributed by atoms with Gasteiger partial charge in [-0.25, -0.2) is 8.42 Å². The van der Waals surface area contributed by atoms with Crippen molar-refractivity contribution >= 4 is 59.2 Å². The van der Waals surface area contributed by atoms with E-state index in [1.807, 2.05) is 12.1 Å². The van der Waals surface area contributed by atoms with Crippen LogP contribution in [-0.4, -0.2) is 20.9 Å². The molecule has 0 unspecified atom stereocenters. The lowest BCUT2D eigenvalue weighted by atomic mass is 10.3. The molecule has 0 bridgehead atoms. The molecule has 29 heavy (non-hydrogen) atoms. The second-order valence-corrected chi connectivity index (χ2v) is 9.44. The topological polar surface area (TPSA) is 84.5 Å². The smallest absolute Gasteiger partial charge is 0.262 e. The van der Waals surface area contributed by atoms with Crippen molar-refractivity contribution in [3.63, 3.8) is 0 Å². The number of halogens is 2. The Hall–Kier alpha value is -2.36. The highest BCUT2D eigenvalue weighted by molar-refractivity contribution is 9.10. The Kier molecular flexibility index (Phi) is 6.94. The van der Waals surface area contributed by atoms with Crippen molar-refractivity contribution in [3.8, 4) is 5.75 Å². The molecule has 0 spiro atoms. The van der Waals surface area contributed by atoms with Gasteiger partial charge in [-0.2, -0.15) is 0 Å². The first kappa shape index (κ1) is 21.4. The fraction of sp³-hybridized carbons (Fsp3) is 0.0500. The SMILES string of the molecule is O=C(COc1ccc(S(=O)(=O)Nc2ccc(Br)cc2)cc1)Nc1cccc(Br)c1. The summed E-state index contributed by atoms with van der Waals surface area (Å²) in [6.45, 7) is -0.199. The van der Waals surface area contributed by atoms with Crippen molar-refractivity contribution in [1.29, 1.82) is 0 Å². The lowest BCUT2D eigenvalue weighted by Gasteiger charge is -2.10. The van der Waals surface area contributed by atoms with Crippen LogP contribution in [0.15, 0.2) is 86.6 Å². The largest absolute Gasteiger partial charge is 0.484 e. The average molecular weight is 540 g/mol. The van der Waals surface area contributed by atoms with Crippen molar-refractivity contribution < 1.29 is 17.9 Å². The van der Waals surface area contributed by atoms with Gasteiger partial charge >= 0.3 is 0 Å². The van der Waals surface area contributed by atoms with Gasteiger partial charge in [-0.05, 0) is 66.7 Å². The number of anilines is 2. The Balaban J connectivity index is 1.58. The monoisotopic (exact) mass is 538 g/mol. The van der Waals surface area contributed by atoms with E-state index >= 15 is 0 Å². The molecule has 3 aromatic carbocycles. The number of carbonyl (C=O) groups is 1. The third-order valence-electron chi connectivity index (χ3n) is 3.71. The van der Waals surface area contributed by atoms with E-state index in [2.05, 4.69) is 41.9 Å². The molecule has 6 nitrogen and oxygen atoms in total. The van der Waals surface area contributed by atoms with Gasteiger partial charge in [0.1, 0.15) is 5.75 Å². The van der Waals surface area contributed by atoms with Gasteiger partial charge < -0.3 is 10.1 Å². The van der Waals surface area contributed by atoms with Crippen molar-refractivity contribution in [2.24, 2.45) is 0 Å². The molecule has 3 aromatic rings. The van der Waals surface area contributed by atoms with E-state index in [4.69, 9.17) is 4.74 Å². The van der Waals surface area contributed by atoms with E-state index < -0.39 is 10.0 Å². The molecule has 0 aliphatic rings. The first-order valence-corrected chi connectivity index (χ1v) is 11.5. The molecule has 0 aliphatic heterocycles. The van der Waals surface area contributed by atoms with Crippen LogP contribution in [0.25, 0.3) is 0 Å². The molecule has 0 aliphatic carbocycles. The van der Waals surface area contributed by atoms with E-state index in [-0.39, 0.29) is 17.4 Å². The van der Waals surface area contributed by atoms with Crippen molar-refractivity contribution in [2.75, 3.05) is 16.6 Å². The lowest BCUT2D eigenvalue weighted by molar-refractivity contribution is -0.118. The fourth-order valence-electron chi connectivity index (χ4n) is 2.36. The van der Waals surface area contributed by atoms with Crippen molar-refractivity contribution in [1.82, 2.24) is 0 Å². The number of carbonyl (C=O) groups excluding carboxylic acids is 1. The van der Waals surface area contributed by atoms with Crippen molar-refractivity contribution in [2.45, 2.75) is 4.90 Å². The molecular formula is C20H16Br2N2O4S. The third kappa shape index (κ3) is 6.31. The number of nitrogens with one attached hydrogen (secondary N) is 2. The summed E-state index contributed by atoms with van der Waals surface area (Å²) in [5, 5.41) is 2.72. The zero-order chi connectivity index (χ0) is 20.9. The van der Waals surface area contributed by atoms with E-state index in [1.165, 1.54) is 24.3 Å². The Morgan fingerprint density at radius 3 is 2.21 bits per heavy atom. The Morgan fingerprint density at radius 1 is 0.862 bits per heavy atom. The minimum Gasteiger partial charge on any atom is -0.484 e. The maximum atomic E-state index is 12.5. The quantitative estimate of drug-likeness (QED) is 0.441. The molecule has 0 saturated heterocycles. The Labute approximate surface area is 185 Å². The fourth-order valence-corrected chi connectivity index (χ4v) is 4.08. The highest BCUT2D eigenvalue weighted by atomic mass is 79.9. The Morgan fingerprint density at radius 2 is 1.55 bits per heavy atom. The lowest BCUT2D eigenvalue weighted by Crippen LogP contribution is -2.20. The first-order valence-electron chi connectivity index (χ1n) is 8.38. The first-order chi connectivity index (χ1) is 13.8. The van der Waals surface area contributed by atoms with Crippen LogP contribution in [-0.2, 0) is 14.8 Å². The van der Waals surface area contributed by atoms with Crippen LogP contribution in [0.1, 0.15) is 0 Å². The van der Waals surface area contributed by atoms with E-state index in [1.54, 1.807) is 36.4 Å². The molecule has 0 radical (unpaired) electrons. The molecule has 2 N–H and O–H groups in total. The van der Waals surface area contributed by atoms with Crippen LogP contribution in [0.2, 0.25) is 0 Å². The van der Waals surface area contributed by atoms with Gasteiger partial charge in [0.25, 0.3) is 15.9 Å². The molecular weight excluding hydrogens is 524 g/mol. The van der Waals surface area contributed by atoms with E-state index in [0.717, 1.165) is 8.95 Å². The molecule has 0 heterocycles. The predicted molar refractivity (Wildman–Crippen MR) is 120 cm³/mol. The molecule has 1 amide bonds. The zero-order valence-electron chi connectivity index (χ0n) is 14.9. The maximum absolute atomic E-state index is 12.5. The summed E-state index contributed by atoms with van der Waals surface area (Å²) >= 11 is 6.64. The van der Waals surface area contributed by atoms with Gasteiger partial charge in [-0.15, -0.1) is 0 Å². The summed E-state index contributed by atoms with van der Waals surface area (Å²) < 4.78 is 34.6. The van der Waals surface area contributed by atoms with Gasteiger partial charge in [-0.3, -0.25) is 9.52 Å². The van der Waals surface area contributed by atoms with Crippen molar-refractivity contribution in [3.05, 3.63) is 81.7 Å². The van der Waals surface area contributed by atoms with Gasteiger partial charge in [0.2, 0.25) is 0 Å². The zero-order valence-corrected chi connectivity index (χ0v) is 18.9. The highest BCUT2D eigenvalue weighted by Gasteiger charge is 2.14.